The number of carboxylic acids is 1. The van der Waals surface area contributed by atoms with E-state index in [0.717, 1.165) is 12.0 Å². The maximum Gasteiger partial charge on any atom is 0.307 e. The molecule has 0 saturated heterocycles. The van der Waals surface area contributed by atoms with E-state index in [1.807, 2.05) is 20.8 Å². The molecular formula is C19H52O2Rf. The molecule has 0 aromatic rings. The van der Waals surface area contributed by atoms with Crippen molar-refractivity contribution in [2.45, 2.75) is 100 Å². The first-order valence-electron chi connectivity index (χ1n) is 4.03. The van der Waals surface area contributed by atoms with E-state index in [4.69, 9.17) is 5.11 Å². The molecule has 0 atom stereocenters. The zero-order valence-corrected chi connectivity index (χ0v) is 15.0. The van der Waals surface area contributed by atoms with Crippen molar-refractivity contribution in [2.75, 3.05) is 0 Å². The predicted molar refractivity (Wildman–Crippen MR) is 111 cm³/mol. The van der Waals surface area contributed by atoms with Crippen molar-refractivity contribution in [1.29, 1.82) is 0 Å². The van der Waals surface area contributed by atoms with Gasteiger partial charge in [0.1, 0.15) is 0 Å². The summed E-state index contributed by atoms with van der Waals surface area (Å²) in [5.41, 5.74) is 2.37. The van der Waals surface area contributed by atoms with E-state index in [-0.39, 0.29) is 73.3 Å². The largest absolute Gasteiger partial charge is 0.481 e. The molecule has 0 aliphatic carbocycles. The quantitative estimate of drug-likeness (QED) is 0.339. The van der Waals surface area contributed by atoms with Crippen LogP contribution in [0.2, 0.25) is 0 Å². The summed E-state index contributed by atoms with van der Waals surface area (Å²) in [6.07, 6.45) is 4.83. The van der Waals surface area contributed by atoms with Crippen molar-refractivity contribution in [3.63, 3.8) is 0 Å². The van der Waals surface area contributed by atoms with Gasteiger partial charge in [-0.2, -0.15) is 0 Å². The van der Waals surface area contributed by atoms with Crippen LogP contribution in [0.5, 0.6) is 0 Å². The topological polar surface area (TPSA) is 37.3 Å². The van der Waals surface area contributed by atoms with Crippen LogP contribution < -0.4 is 0 Å². The van der Waals surface area contributed by atoms with Crippen LogP contribution >= 0.6 is 0 Å². The van der Waals surface area contributed by atoms with Crippen LogP contribution in [0.1, 0.15) is 100 Å². The van der Waals surface area contributed by atoms with Gasteiger partial charge in [-0.05, 0) is 27.2 Å². The number of aliphatic carboxylic acids is 1. The Balaban J connectivity index is -0.0000000134. The Morgan fingerprint density at radius 1 is 0.727 bits per heavy atom. The first-order valence-corrected chi connectivity index (χ1v) is 4.03. The van der Waals surface area contributed by atoms with Crippen LogP contribution in [0.25, 0.3) is 0 Å². The Hall–Kier alpha value is -2.05. The van der Waals surface area contributed by atoms with Crippen molar-refractivity contribution in [2.24, 2.45) is 0 Å². The van der Waals surface area contributed by atoms with Gasteiger partial charge in [0.25, 0.3) is 0 Å². The third kappa shape index (κ3) is 81.6. The molecule has 0 aliphatic heterocycles. The van der Waals surface area contributed by atoms with E-state index >= 15 is 0 Å². The van der Waals surface area contributed by atoms with Crippen LogP contribution in [-0.4, -0.2) is 11.1 Å². The standard InChI is InChI=1S/C10H16O2.9CH4.Rf/c1-8(2)4-5-9(3)6-7-10(11)12;;;;;;;;;;/h4,6H,5,7H2,1-3H3,(H,11,12);9*1H4;/b9-6+;;;;;;;;;;. The first kappa shape index (κ1) is 89.4. The Bertz CT molecular complexity index is 215. The van der Waals surface area contributed by atoms with E-state index in [2.05, 4.69) is 6.08 Å². The maximum absolute atomic E-state index is 10.2. The van der Waals surface area contributed by atoms with Crippen LogP contribution in [-0.2, 0) is 4.79 Å². The zero-order valence-electron chi connectivity index (χ0n) is 8.63. The van der Waals surface area contributed by atoms with Crippen molar-refractivity contribution in [1.82, 2.24) is 0 Å². The molecule has 0 aromatic heterocycles. The Labute approximate surface area is 140 Å². The molecule has 0 fully saturated rings. The number of hydrogen-bond donors (Lipinski definition) is 1. The smallest absolute Gasteiger partial charge is 0.307 e. The molecule has 22 heavy (non-hydrogen) atoms. The maximum atomic E-state index is 10.2. The fourth-order valence-electron chi connectivity index (χ4n) is 0.710. The summed E-state index contributed by atoms with van der Waals surface area (Å²) in [5.74, 6) is -0.772. The fraction of sp³-hybridized carbons (Fsp3) is 0.737. The van der Waals surface area contributed by atoms with E-state index in [9.17, 15) is 4.79 Å². The second-order valence-corrected chi connectivity index (χ2v) is 3.13. The molecule has 1 N–H and O–H groups in total. The SMILES string of the molecule is C.C.C.C.C.C.C.C.C.CC(C)=CC/C(C)=C/CC(=O)O.[Rf]. The molecule has 2 nitrogen and oxygen atoms in total. The summed E-state index contributed by atoms with van der Waals surface area (Å²) in [5, 5.41) is 8.38. The van der Waals surface area contributed by atoms with Gasteiger partial charge in [-0.3, -0.25) is 4.79 Å². The normalized spacial score (nSPS) is 6.05. The number of carbonyl (C=O) groups is 1. The van der Waals surface area contributed by atoms with Crippen molar-refractivity contribution in [3.8, 4) is 0 Å². The summed E-state index contributed by atoms with van der Waals surface area (Å²) < 4.78 is 0. The third-order valence-electron chi connectivity index (χ3n) is 1.46. The Morgan fingerprint density at radius 3 is 1.27 bits per heavy atom. The first-order chi connectivity index (χ1) is 5.52. The number of allylic oxidation sites excluding steroid dienone is 3. The summed E-state index contributed by atoms with van der Waals surface area (Å²) in [6.45, 7) is 6.01. The number of rotatable bonds is 4. The Morgan fingerprint density at radius 2 is 1.05 bits per heavy atom. The van der Waals surface area contributed by atoms with Gasteiger partial charge in [0.15, 0.2) is 0 Å². The molecule has 0 amide bonds. The minimum Gasteiger partial charge on any atom is -0.481 e. The molecule has 0 radical (unpaired) electrons. The second kappa shape index (κ2) is 50.9. The van der Waals surface area contributed by atoms with E-state index in [1.165, 1.54) is 5.57 Å². The van der Waals surface area contributed by atoms with Gasteiger partial charge in [0.05, 0.1) is 6.42 Å². The van der Waals surface area contributed by atoms with E-state index < -0.39 is 5.97 Å². The minimum atomic E-state index is -0.772. The summed E-state index contributed by atoms with van der Waals surface area (Å²) in [6, 6.07) is 0. The van der Waals surface area contributed by atoms with Gasteiger partial charge in [-0.1, -0.05) is 90.1 Å². The van der Waals surface area contributed by atoms with Gasteiger partial charge >= 0.3 is 5.97 Å². The second-order valence-electron chi connectivity index (χ2n) is 3.13. The van der Waals surface area contributed by atoms with Crippen molar-refractivity contribution in [3.05, 3.63) is 23.3 Å². The molecule has 0 bridgehead atoms. The molecule has 0 aromatic carbocycles. The third-order valence-corrected chi connectivity index (χ3v) is 1.46. The van der Waals surface area contributed by atoms with Gasteiger partial charge in [0.2, 0.25) is 0 Å². The molecule has 0 unspecified atom stereocenters. The number of carboxylic acid groups (broad SMARTS) is 1. The average molecular weight is 580 g/mol. The van der Waals surface area contributed by atoms with Crippen LogP contribution in [0.3, 0.4) is 0 Å². The summed E-state index contributed by atoms with van der Waals surface area (Å²) >= 11 is 0. The molecule has 0 rings (SSSR count). The number of hydrogen-bond acceptors (Lipinski definition) is 1. The van der Waals surface area contributed by atoms with Gasteiger partial charge in [-0.15, -0.1) is 0 Å². The molecule has 0 saturated carbocycles. The van der Waals surface area contributed by atoms with Crippen molar-refractivity contribution >= 4 is 5.97 Å². The van der Waals surface area contributed by atoms with E-state index in [0.29, 0.717) is 0 Å². The molecular weight excluding hydrogens is 527 g/mol. The van der Waals surface area contributed by atoms with Gasteiger partial charge < -0.3 is 5.11 Å². The van der Waals surface area contributed by atoms with Crippen molar-refractivity contribution < 1.29 is 9.90 Å². The predicted octanol–water partition coefficient (Wildman–Crippen LogP) is 8.49. The molecule has 142 valence electrons. The fourth-order valence-corrected chi connectivity index (χ4v) is 0.710. The summed E-state index contributed by atoms with van der Waals surface area (Å²) in [7, 11) is 0. The average Bonchev–Trinajstić information content (AvgIpc) is 1.96. The molecule has 0 aliphatic rings. The molecule has 0 heterocycles. The molecule has 0 spiro atoms. The van der Waals surface area contributed by atoms with Crippen LogP contribution in [0.15, 0.2) is 23.3 Å². The van der Waals surface area contributed by atoms with Gasteiger partial charge in [0, 0.05) is 0 Å². The van der Waals surface area contributed by atoms with Crippen LogP contribution in [0.4, 0.5) is 0 Å². The summed E-state index contributed by atoms with van der Waals surface area (Å²) in [4.78, 5) is 10.2. The monoisotopic (exact) mass is 580 g/mol. The zero-order chi connectivity index (χ0) is 9.56. The van der Waals surface area contributed by atoms with Gasteiger partial charge in [-0.25, -0.2) is 0 Å². The minimum absolute atomic E-state index is 0. The Kier molecular flexibility index (Phi) is 207. The van der Waals surface area contributed by atoms with E-state index in [1.54, 1.807) is 6.08 Å². The molecule has 3 heteroatoms. The van der Waals surface area contributed by atoms with Crippen LogP contribution in [0, 0.1) is 0 Å².